The second-order valence-electron chi connectivity index (χ2n) is 4.88. The third kappa shape index (κ3) is 4.38. The van der Waals surface area contributed by atoms with Gasteiger partial charge in [-0.25, -0.2) is 14.6 Å². The molecular formula is C13H20N4O3S. The summed E-state index contributed by atoms with van der Waals surface area (Å²) in [7, 11) is 0. The molecule has 1 aromatic heterocycles. The molecule has 8 heteroatoms. The average Bonchev–Trinajstić information content (AvgIpc) is 2.96. The lowest BCUT2D eigenvalue weighted by atomic mass is 10.3. The number of thioether (sulfide) groups is 1. The SMILES string of the molecule is CCC1CN(C(=O)NCCn2cnc(C(=O)O)c2)CCS1. The van der Waals surface area contributed by atoms with E-state index in [4.69, 9.17) is 5.11 Å². The lowest BCUT2D eigenvalue weighted by molar-refractivity contribution is 0.0691. The maximum absolute atomic E-state index is 12.0. The van der Waals surface area contributed by atoms with Crippen molar-refractivity contribution in [3.05, 3.63) is 18.2 Å². The molecule has 0 spiro atoms. The molecule has 116 valence electrons. The van der Waals surface area contributed by atoms with E-state index in [-0.39, 0.29) is 11.7 Å². The van der Waals surface area contributed by atoms with Crippen LogP contribution < -0.4 is 5.32 Å². The highest BCUT2D eigenvalue weighted by Gasteiger charge is 2.22. The molecule has 1 saturated heterocycles. The monoisotopic (exact) mass is 312 g/mol. The van der Waals surface area contributed by atoms with E-state index in [9.17, 15) is 9.59 Å². The molecular weight excluding hydrogens is 292 g/mol. The minimum absolute atomic E-state index is 0.0140. The molecule has 2 heterocycles. The van der Waals surface area contributed by atoms with E-state index >= 15 is 0 Å². The van der Waals surface area contributed by atoms with E-state index in [1.807, 2.05) is 16.7 Å². The topological polar surface area (TPSA) is 87.5 Å². The Hall–Kier alpha value is -1.70. The Kier molecular flexibility index (Phi) is 5.49. The van der Waals surface area contributed by atoms with E-state index in [0.717, 1.165) is 25.3 Å². The van der Waals surface area contributed by atoms with Gasteiger partial charge in [-0.15, -0.1) is 0 Å². The number of amides is 2. The molecule has 21 heavy (non-hydrogen) atoms. The average molecular weight is 312 g/mol. The molecule has 0 aliphatic carbocycles. The van der Waals surface area contributed by atoms with Crippen molar-refractivity contribution in [2.45, 2.75) is 25.1 Å². The van der Waals surface area contributed by atoms with E-state index in [1.165, 1.54) is 12.5 Å². The Morgan fingerprint density at radius 3 is 3.05 bits per heavy atom. The molecule has 0 bridgehead atoms. The Bertz CT molecular complexity index is 505. The van der Waals surface area contributed by atoms with Crippen molar-refractivity contribution in [1.82, 2.24) is 19.8 Å². The zero-order chi connectivity index (χ0) is 15.2. The lowest BCUT2D eigenvalue weighted by Crippen LogP contribution is -2.47. The highest BCUT2D eigenvalue weighted by molar-refractivity contribution is 8.00. The Balaban J connectivity index is 1.74. The first-order chi connectivity index (χ1) is 10.1. The number of aromatic nitrogens is 2. The van der Waals surface area contributed by atoms with Gasteiger partial charge in [0.1, 0.15) is 0 Å². The van der Waals surface area contributed by atoms with Crippen molar-refractivity contribution in [2.75, 3.05) is 25.4 Å². The molecule has 2 N–H and O–H groups in total. The zero-order valence-electron chi connectivity index (χ0n) is 12.0. The Morgan fingerprint density at radius 1 is 1.57 bits per heavy atom. The third-order valence-electron chi connectivity index (χ3n) is 3.38. The first-order valence-electron chi connectivity index (χ1n) is 6.99. The highest BCUT2D eigenvalue weighted by atomic mass is 32.2. The summed E-state index contributed by atoms with van der Waals surface area (Å²) in [4.78, 5) is 28.4. The number of carbonyl (C=O) groups excluding carboxylic acids is 1. The van der Waals surface area contributed by atoms with Crippen LogP contribution in [-0.4, -0.2) is 62.2 Å². The third-order valence-corrected chi connectivity index (χ3v) is 4.75. The van der Waals surface area contributed by atoms with Crippen LogP contribution in [0, 0.1) is 0 Å². The van der Waals surface area contributed by atoms with Gasteiger partial charge in [0.25, 0.3) is 0 Å². The van der Waals surface area contributed by atoms with Crippen LogP contribution >= 0.6 is 11.8 Å². The number of hydrogen-bond donors (Lipinski definition) is 2. The van der Waals surface area contributed by atoms with Gasteiger partial charge in [0.05, 0.1) is 6.33 Å². The molecule has 1 aliphatic heterocycles. The molecule has 1 aromatic rings. The molecule has 1 aliphatic rings. The fraction of sp³-hybridized carbons (Fsp3) is 0.615. The van der Waals surface area contributed by atoms with Gasteiger partial charge < -0.3 is 19.9 Å². The summed E-state index contributed by atoms with van der Waals surface area (Å²) in [5.74, 6) is -0.0655. The molecule has 1 fully saturated rings. The summed E-state index contributed by atoms with van der Waals surface area (Å²) in [6, 6.07) is -0.0488. The van der Waals surface area contributed by atoms with Crippen molar-refractivity contribution in [3.8, 4) is 0 Å². The second kappa shape index (κ2) is 7.35. The Morgan fingerprint density at radius 2 is 2.38 bits per heavy atom. The Labute approximate surface area is 127 Å². The van der Waals surface area contributed by atoms with Gasteiger partial charge in [0, 0.05) is 43.4 Å². The predicted octanol–water partition coefficient (Wildman–Crippen LogP) is 1.12. The van der Waals surface area contributed by atoms with Crippen molar-refractivity contribution in [3.63, 3.8) is 0 Å². The number of nitrogens with one attached hydrogen (secondary N) is 1. The number of carboxylic acids is 1. The normalized spacial score (nSPS) is 18.5. The van der Waals surface area contributed by atoms with E-state index in [0.29, 0.717) is 18.3 Å². The van der Waals surface area contributed by atoms with Crippen molar-refractivity contribution in [1.29, 1.82) is 0 Å². The van der Waals surface area contributed by atoms with Gasteiger partial charge in [-0.1, -0.05) is 6.92 Å². The van der Waals surface area contributed by atoms with Crippen LogP contribution in [-0.2, 0) is 6.54 Å². The zero-order valence-corrected chi connectivity index (χ0v) is 12.8. The number of hydrogen-bond acceptors (Lipinski definition) is 4. The first-order valence-corrected chi connectivity index (χ1v) is 8.04. The summed E-state index contributed by atoms with van der Waals surface area (Å²) in [5, 5.41) is 12.2. The summed E-state index contributed by atoms with van der Waals surface area (Å²) >= 11 is 1.92. The molecule has 0 radical (unpaired) electrons. The number of carboxylic acid groups (broad SMARTS) is 1. The number of urea groups is 1. The predicted molar refractivity (Wildman–Crippen MR) is 80.7 cm³/mol. The van der Waals surface area contributed by atoms with Gasteiger partial charge in [0.15, 0.2) is 5.69 Å². The highest BCUT2D eigenvalue weighted by Crippen LogP contribution is 2.20. The number of rotatable bonds is 5. The van der Waals surface area contributed by atoms with Crippen molar-refractivity contribution in [2.24, 2.45) is 0 Å². The van der Waals surface area contributed by atoms with Crippen molar-refractivity contribution >= 4 is 23.8 Å². The second-order valence-corrected chi connectivity index (χ2v) is 6.29. The van der Waals surface area contributed by atoms with Crippen LogP contribution in [0.3, 0.4) is 0 Å². The van der Waals surface area contributed by atoms with Crippen LogP contribution in [0.15, 0.2) is 12.5 Å². The molecule has 2 rings (SSSR count). The van der Waals surface area contributed by atoms with E-state index in [1.54, 1.807) is 4.57 Å². The molecule has 0 saturated carbocycles. The fourth-order valence-electron chi connectivity index (χ4n) is 2.15. The van der Waals surface area contributed by atoms with Gasteiger partial charge in [-0.05, 0) is 6.42 Å². The van der Waals surface area contributed by atoms with Gasteiger partial charge >= 0.3 is 12.0 Å². The summed E-state index contributed by atoms with van der Waals surface area (Å²) in [6.45, 7) is 4.67. The maximum atomic E-state index is 12.0. The standard InChI is InChI=1S/C13H20N4O3S/c1-2-10-7-17(5-6-21-10)13(20)14-3-4-16-8-11(12(18)19)15-9-16/h8-10H,2-7H2,1H3,(H,14,20)(H,18,19). The maximum Gasteiger partial charge on any atom is 0.356 e. The summed E-state index contributed by atoms with van der Waals surface area (Å²) in [5.41, 5.74) is 0.0140. The van der Waals surface area contributed by atoms with Crippen LogP contribution in [0.25, 0.3) is 0 Å². The molecule has 1 atom stereocenters. The first kappa shape index (κ1) is 15.7. The lowest BCUT2D eigenvalue weighted by Gasteiger charge is -2.31. The van der Waals surface area contributed by atoms with Crippen LogP contribution in [0.1, 0.15) is 23.8 Å². The largest absolute Gasteiger partial charge is 0.476 e. The number of aromatic carboxylic acids is 1. The minimum Gasteiger partial charge on any atom is -0.476 e. The minimum atomic E-state index is -1.05. The molecule has 1 unspecified atom stereocenters. The van der Waals surface area contributed by atoms with Gasteiger partial charge in [-0.3, -0.25) is 0 Å². The molecule has 0 aromatic carbocycles. The summed E-state index contributed by atoms with van der Waals surface area (Å²) in [6.07, 6.45) is 3.99. The van der Waals surface area contributed by atoms with Crippen LogP contribution in [0.5, 0.6) is 0 Å². The van der Waals surface area contributed by atoms with Crippen molar-refractivity contribution < 1.29 is 14.7 Å². The smallest absolute Gasteiger partial charge is 0.356 e. The number of imidazole rings is 1. The molecule has 7 nitrogen and oxygen atoms in total. The van der Waals surface area contributed by atoms with Crippen LogP contribution in [0.2, 0.25) is 0 Å². The van der Waals surface area contributed by atoms with Crippen LogP contribution in [0.4, 0.5) is 4.79 Å². The summed E-state index contributed by atoms with van der Waals surface area (Å²) < 4.78 is 1.66. The van der Waals surface area contributed by atoms with E-state index < -0.39 is 5.97 Å². The fourth-order valence-corrected chi connectivity index (χ4v) is 3.33. The quantitative estimate of drug-likeness (QED) is 0.850. The molecule has 2 amide bonds. The number of nitrogens with zero attached hydrogens (tertiary/aromatic N) is 3. The van der Waals surface area contributed by atoms with Gasteiger partial charge in [0.2, 0.25) is 0 Å². The number of carbonyl (C=O) groups is 2. The van der Waals surface area contributed by atoms with E-state index in [2.05, 4.69) is 17.2 Å². The van der Waals surface area contributed by atoms with Gasteiger partial charge in [-0.2, -0.15) is 11.8 Å².